The number of halogens is 2. The van der Waals surface area contributed by atoms with Crippen LogP contribution in [0.25, 0.3) is 0 Å². The molecule has 3 aromatic rings. The number of benzene rings is 2. The van der Waals surface area contributed by atoms with Gasteiger partial charge in [-0.25, -0.2) is 4.79 Å². The lowest BCUT2D eigenvalue weighted by atomic mass is 10.1. The molecule has 1 amide bonds. The van der Waals surface area contributed by atoms with Gasteiger partial charge in [-0.1, -0.05) is 29.3 Å². The van der Waals surface area contributed by atoms with Crippen LogP contribution in [-0.4, -0.2) is 16.9 Å². The van der Waals surface area contributed by atoms with Crippen molar-refractivity contribution in [3.63, 3.8) is 0 Å². The lowest BCUT2D eigenvalue weighted by Crippen LogP contribution is -2.16. The maximum atomic E-state index is 12.7. The van der Waals surface area contributed by atoms with Crippen molar-refractivity contribution >= 4 is 40.8 Å². The number of amides is 1. The third-order valence-electron chi connectivity index (χ3n) is 3.68. The fraction of sp³-hybridized carbons (Fsp3) is 0.0500. The average molecular weight is 401 g/mol. The van der Waals surface area contributed by atoms with Gasteiger partial charge in [-0.15, -0.1) is 0 Å². The minimum Gasteiger partial charge on any atom is -0.422 e. The third-order valence-corrected chi connectivity index (χ3v) is 4.23. The number of ether oxygens (including phenoxy) is 1. The first kappa shape index (κ1) is 18.9. The lowest BCUT2D eigenvalue weighted by molar-refractivity contribution is 0.0732. The van der Waals surface area contributed by atoms with Crippen molar-refractivity contribution in [2.75, 3.05) is 5.32 Å². The predicted octanol–water partition coefficient (Wildman–Crippen LogP) is 5.17. The maximum Gasteiger partial charge on any atom is 0.343 e. The lowest BCUT2D eigenvalue weighted by Gasteiger charge is -2.12. The first-order chi connectivity index (χ1) is 12.9. The molecule has 7 heteroatoms. The van der Waals surface area contributed by atoms with Crippen molar-refractivity contribution in [1.29, 1.82) is 0 Å². The summed E-state index contributed by atoms with van der Waals surface area (Å²) in [6.07, 6.45) is 2.96. The van der Waals surface area contributed by atoms with Gasteiger partial charge in [-0.2, -0.15) is 0 Å². The third kappa shape index (κ3) is 4.64. The monoisotopic (exact) mass is 400 g/mol. The molecule has 0 aliphatic heterocycles. The zero-order valence-corrected chi connectivity index (χ0v) is 15.7. The summed E-state index contributed by atoms with van der Waals surface area (Å²) in [5.74, 6) is -1.02. The van der Waals surface area contributed by atoms with Gasteiger partial charge in [0.1, 0.15) is 5.75 Å². The number of carbonyl (C=O) groups is 2. The number of nitrogens with one attached hydrogen (secondary N) is 1. The maximum absolute atomic E-state index is 12.7. The Hall–Kier alpha value is -2.89. The molecule has 27 heavy (non-hydrogen) atoms. The van der Waals surface area contributed by atoms with Crippen LogP contribution in [0, 0.1) is 6.92 Å². The zero-order chi connectivity index (χ0) is 19.4. The fourth-order valence-electron chi connectivity index (χ4n) is 2.33. The smallest absolute Gasteiger partial charge is 0.343 e. The Bertz CT molecular complexity index is 1010. The van der Waals surface area contributed by atoms with E-state index in [2.05, 4.69) is 10.3 Å². The molecule has 0 bridgehead atoms. The van der Waals surface area contributed by atoms with Crippen LogP contribution in [0.15, 0.2) is 60.9 Å². The molecule has 0 unspecified atom stereocenters. The zero-order valence-electron chi connectivity index (χ0n) is 14.2. The summed E-state index contributed by atoms with van der Waals surface area (Å²) in [5.41, 5.74) is 1.83. The second-order valence-electron chi connectivity index (χ2n) is 5.70. The van der Waals surface area contributed by atoms with Crippen LogP contribution in [0.4, 0.5) is 5.69 Å². The summed E-state index contributed by atoms with van der Waals surface area (Å²) >= 11 is 12.2. The normalized spacial score (nSPS) is 10.3. The molecule has 5 nitrogen and oxygen atoms in total. The number of anilines is 1. The molecule has 0 fully saturated rings. The molecular formula is C20H14Cl2N2O3. The van der Waals surface area contributed by atoms with Gasteiger partial charge in [0.2, 0.25) is 0 Å². The van der Waals surface area contributed by atoms with Crippen LogP contribution in [0.2, 0.25) is 10.0 Å². The molecule has 2 aromatic carbocycles. The van der Waals surface area contributed by atoms with E-state index >= 15 is 0 Å². The molecular weight excluding hydrogens is 387 g/mol. The van der Waals surface area contributed by atoms with E-state index in [9.17, 15) is 9.59 Å². The van der Waals surface area contributed by atoms with Gasteiger partial charge in [0.15, 0.2) is 0 Å². The second-order valence-corrected chi connectivity index (χ2v) is 6.55. The second kappa shape index (κ2) is 8.20. The molecule has 136 valence electrons. The molecule has 0 atom stereocenters. The first-order valence-corrected chi connectivity index (χ1v) is 8.69. The van der Waals surface area contributed by atoms with E-state index in [4.69, 9.17) is 27.9 Å². The predicted molar refractivity (Wildman–Crippen MR) is 105 cm³/mol. The van der Waals surface area contributed by atoms with Crippen LogP contribution in [-0.2, 0) is 0 Å². The van der Waals surface area contributed by atoms with Crippen molar-refractivity contribution in [3.05, 3.63) is 87.7 Å². The van der Waals surface area contributed by atoms with E-state index in [0.717, 1.165) is 5.56 Å². The highest BCUT2D eigenvalue weighted by Gasteiger charge is 2.18. The number of carbonyl (C=O) groups excluding carboxylic acids is 2. The SMILES string of the molecule is Cc1ccc(NC(=O)c2cc(Cl)ccc2OC(=O)c2ccncc2)c(Cl)c1. The van der Waals surface area contributed by atoms with Crippen LogP contribution in [0.3, 0.4) is 0 Å². The van der Waals surface area contributed by atoms with Gasteiger partial charge in [0.05, 0.1) is 21.8 Å². The number of esters is 1. The summed E-state index contributed by atoms with van der Waals surface area (Å²) in [4.78, 5) is 28.9. The number of aryl methyl sites for hydroxylation is 1. The van der Waals surface area contributed by atoms with Gasteiger partial charge < -0.3 is 10.1 Å². The molecule has 0 spiro atoms. The molecule has 0 aliphatic rings. The van der Waals surface area contributed by atoms with Crippen molar-refractivity contribution in [2.45, 2.75) is 6.92 Å². The molecule has 1 N–H and O–H groups in total. The Balaban J connectivity index is 1.87. The van der Waals surface area contributed by atoms with E-state index < -0.39 is 11.9 Å². The van der Waals surface area contributed by atoms with Crippen molar-refractivity contribution in [1.82, 2.24) is 4.98 Å². The van der Waals surface area contributed by atoms with E-state index in [1.165, 1.54) is 42.7 Å². The van der Waals surface area contributed by atoms with E-state index in [-0.39, 0.29) is 11.3 Å². The number of aromatic nitrogens is 1. The Kier molecular flexibility index (Phi) is 5.74. The number of hydrogen-bond donors (Lipinski definition) is 1. The van der Waals surface area contributed by atoms with Gasteiger partial charge in [-0.3, -0.25) is 9.78 Å². The van der Waals surface area contributed by atoms with Gasteiger partial charge in [0.25, 0.3) is 5.91 Å². The van der Waals surface area contributed by atoms with E-state index in [1.54, 1.807) is 12.1 Å². The first-order valence-electron chi connectivity index (χ1n) is 7.93. The van der Waals surface area contributed by atoms with Crippen LogP contribution in [0.5, 0.6) is 5.75 Å². The van der Waals surface area contributed by atoms with Crippen LogP contribution in [0.1, 0.15) is 26.3 Å². The molecule has 1 aromatic heterocycles. The van der Waals surface area contributed by atoms with E-state index in [0.29, 0.717) is 21.3 Å². The highest BCUT2D eigenvalue weighted by atomic mass is 35.5. The molecule has 1 heterocycles. The van der Waals surface area contributed by atoms with Crippen LogP contribution < -0.4 is 10.1 Å². The summed E-state index contributed by atoms with van der Waals surface area (Å²) < 4.78 is 5.38. The van der Waals surface area contributed by atoms with Gasteiger partial charge in [0, 0.05) is 17.4 Å². The molecule has 3 rings (SSSR count). The number of nitrogens with zero attached hydrogens (tertiary/aromatic N) is 1. The Morgan fingerprint density at radius 1 is 1.00 bits per heavy atom. The number of pyridine rings is 1. The Morgan fingerprint density at radius 2 is 1.74 bits per heavy atom. The van der Waals surface area contributed by atoms with Gasteiger partial charge in [-0.05, 0) is 55.0 Å². The molecule has 0 saturated heterocycles. The topological polar surface area (TPSA) is 68.3 Å². The molecule has 0 saturated carbocycles. The molecule has 0 radical (unpaired) electrons. The van der Waals surface area contributed by atoms with Crippen molar-refractivity contribution in [3.8, 4) is 5.75 Å². The van der Waals surface area contributed by atoms with Crippen LogP contribution >= 0.6 is 23.2 Å². The number of rotatable bonds is 4. The minimum atomic E-state index is -0.609. The standard InChI is InChI=1S/C20H14Cl2N2O3/c1-12-2-4-17(16(22)10-12)24-19(25)15-11-14(21)3-5-18(15)27-20(26)13-6-8-23-9-7-13/h2-11H,1H3,(H,24,25). The van der Waals surface area contributed by atoms with E-state index in [1.807, 2.05) is 13.0 Å². The minimum absolute atomic E-state index is 0.0851. The van der Waals surface area contributed by atoms with Gasteiger partial charge >= 0.3 is 5.97 Å². The average Bonchev–Trinajstić information content (AvgIpc) is 2.66. The highest BCUT2D eigenvalue weighted by molar-refractivity contribution is 6.34. The Labute approximate surface area is 165 Å². The number of hydrogen-bond acceptors (Lipinski definition) is 4. The van der Waals surface area contributed by atoms with Crippen molar-refractivity contribution < 1.29 is 14.3 Å². The summed E-state index contributed by atoms with van der Waals surface area (Å²) in [6.45, 7) is 1.89. The summed E-state index contributed by atoms with van der Waals surface area (Å²) in [7, 11) is 0. The Morgan fingerprint density at radius 3 is 2.44 bits per heavy atom. The quantitative estimate of drug-likeness (QED) is 0.484. The fourth-order valence-corrected chi connectivity index (χ4v) is 2.78. The van der Waals surface area contributed by atoms with Crippen molar-refractivity contribution in [2.24, 2.45) is 0 Å². The molecule has 0 aliphatic carbocycles. The largest absolute Gasteiger partial charge is 0.422 e. The summed E-state index contributed by atoms with van der Waals surface area (Å²) in [5, 5.41) is 3.44. The summed E-state index contributed by atoms with van der Waals surface area (Å²) in [6, 6.07) is 12.7. The highest BCUT2D eigenvalue weighted by Crippen LogP contribution is 2.27.